The van der Waals surface area contributed by atoms with Gasteiger partial charge < -0.3 is 0 Å². The maximum atomic E-state index is 10.2. The zero-order valence-corrected chi connectivity index (χ0v) is 4.85. The van der Waals surface area contributed by atoms with Crippen LogP contribution in [0, 0.1) is 24.2 Å². The lowest BCUT2D eigenvalue weighted by Crippen LogP contribution is -1.97. The molecule has 0 fully saturated rings. The van der Waals surface area contributed by atoms with Crippen LogP contribution in [0.2, 0.25) is 0 Å². The van der Waals surface area contributed by atoms with Gasteiger partial charge in [-0.2, -0.15) is 5.26 Å². The molecule has 2 heteroatoms. The van der Waals surface area contributed by atoms with E-state index in [1.807, 2.05) is 6.07 Å². The van der Waals surface area contributed by atoms with E-state index < -0.39 is 0 Å². The number of hydrogen-bond acceptors (Lipinski definition) is 2. The smallest absolute Gasteiger partial charge is 0.131 e. The highest BCUT2D eigenvalue weighted by atomic mass is 16.1. The van der Waals surface area contributed by atoms with Gasteiger partial charge in [0.25, 0.3) is 0 Å². The molecule has 0 N–H and O–H groups in total. The summed E-state index contributed by atoms with van der Waals surface area (Å²) in [7, 11) is 0. The Morgan fingerprint density at radius 1 is 2.00 bits per heavy atom. The highest BCUT2D eigenvalue weighted by Gasteiger charge is 2.01. The number of nitriles is 1. The minimum Gasteiger partial charge on any atom is -0.300 e. The minimum atomic E-state index is -0.368. The molecule has 0 aliphatic heterocycles. The topological polar surface area (TPSA) is 40.9 Å². The molecule has 0 spiro atoms. The highest BCUT2D eigenvalue weighted by molar-refractivity contribution is 5.76. The number of carbonyl (C=O) groups excluding carboxylic acids is 1. The first-order chi connectivity index (χ1) is 3.66. The summed E-state index contributed by atoms with van der Waals surface area (Å²) < 4.78 is 0. The van der Waals surface area contributed by atoms with E-state index in [1.54, 1.807) is 0 Å². The number of rotatable bonds is 2. The molecule has 43 valence electrons. The maximum Gasteiger partial charge on any atom is 0.131 e. The van der Waals surface area contributed by atoms with E-state index in [-0.39, 0.29) is 18.1 Å². The average molecular weight is 110 g/mol. The molecular formula is C6H8NO. The van der Waals surface area contributed by atoms with Gasteiger partial charge in [-0.25, -0.2) is 0 Å². The monoisotopic (exact) mass is 110 g/mol. The van der Waals surface area contributed by atoms with E-state index in [9.17, 15) is 4.79 Å². The minimum absolute atomic E-state index is 0.0200. The Morgan fingerprint density at radius 2 is 2.50 bits per heavy atom. The van der Waals surface area contributed by atoms with Crippen LogP contribution in [-0.4, -0.2) is 5.78 Å². The zero-order chi connectivity index (χ0) is 6.57. The van der Waals surface area contributed by atoms with Crippen molar-refractivity contribution in [3.63, 3.8) is 0 Å². The van der Waals surface area contributed by atoms with E-state index in [2.05, 4.69) is 6.92 Å². The van der Waals surface area contributed by atoms with Gasteiger partial charge in [-0.3, -0.25) is 4.79 Å². The van der Waals surface area contributed by atoms with E-state index in [0.29, 0.717) is 0 Å². The first-order valence-corrected chi connectivity index (χ1v) is 2.39. The molecule has 0 rings (SSSR count). The Bertz CT molecular complexity index is 123. The standard InChI is InChI=1S/C6H8NO/c1-5(4-7)3-6(2)8/h5H,1,3H2,2H3. The Hall–Kier alpha value is -0.840. The normalized spacial score (nSPS) is 12.1. The van der Waals surface area contributed by atoms with Crippen molar-refractivity contribution in [2.24, 2.45) is 5.92 Å². The van der Waals surface area contributed by atoms with E-state index in [1.165, 1.54) is 6.92 Å². The zero-order valence-electron chi connectivity index (χ0n) is 4.85. The second-order valence-electron chi connectivity index (χ2n) is 1.73. The van der Waals surface area contributed by atoms with Crippen LogP contribution in [-0.2, 0) is 4.79 Å². The van der Waals surface area contributed by atoms with Gasteiger partial charge in [-0.1, -0.05) is 0 Å². The van der Waals surface area contributed by atoms with Crippen molar-refractivity contribution in [3.8, 4) is 6.07 Å². The molecule has 0 aliphatic carbocycles. The summed E-state index contributed by atoms with van der Waals surface area (Å²) in [4.78, 5) is 10.2. The molecule has 1 unspecified atom stereocenters. The molecule has 0 heterocycles. The van der Waals surface area contributed by atoms with Crippen LogP contribution in [0.4, 0.5) is 0 Å². The number of Topliss-reactive ketones (excluding diaryl/α,β-unsaturated/α-hetero) is 1. The fourth-order valence-electron chi connectivity index (χ4n) is 0.393. The second kappa shape index (κ2) is 3.20. The molecule has 2 nitrogen and oxygen atoms in total. The molecule has 0 aromatic carbocycles. The van der Waals surface area contributed by atoms with Crippen molar-refractivity contribution in [1.82, 2.24) is 0 Å². The number of hydrogen-bond donors (Lipinski definition) is 0. The van der Waals surface area contributed by atoms with Crippen molar-refractivity contribution in [3.05, 3.63) is 6.92 Å². The van der Waals surface area contributed by atoms with Gasteiger partial charge in [0.1, 0.15) is 5.78 Å². The predicted octanol–water partition coefficient (Wildman–Crippen LogP) is 0.939. The Balaban J connectivity index is 3.43. The Labute approximate surface area is 49.1 Å². The van der Waals surface area contributed by atoms with Gasteiger partial charge in [0.2, 0.25) is 0 Å². The van der Waals surface area contributed by atoms with E-state index >= 15 is 0 Å². The van der Waals surface area contributed by atoms with Gasteiger partial charge in [-0.05, 0) is 13.8 Å². The molecule has 0 bridgehead atoms. The third-order valence-electron chi connectivity index (χ3n) is 0.716. The maximum absolute atomic E-state index is 10.2. The molecule has 0 aliphatic rings. The summed E-state index contributed by atoms with van der Waals surface area (Å²) in [6.45, 7) is 4.87. The van der Waals surface area contributed by atoms with E-state index in [0.717, 1.165) is 0 Å². The second-order valence-corrected chi connectivity index (χ2v) is 1.73. The summed E-state index contributed by atoms with van der Waals surface area (Å²) in [5, 5.41) is 8.12. The van der Waals surface area contributed by atoms with Gasteiger partial charge in [-0.15, -0.1) is 0 Å². The van der Waals surface area contributed by atoms with Crippen LogP contribution < -0.4 is 0 Å². The molecule has 0 saturated carbocycles. The SMILES string of the molecule is [CH2]C(C#N)CC(C)=O. The van der Waals surface area contributed by atoms with Crippen molar-refractivity contribution >= 4 is 5.78 Å². The van der Waals surface area contributed by atoms with Crippen LogP contribution in [0.15, 0.2) is 0 Å². The van der Waals surface area contributed by atoms with Crippen molar-refractivity contribution in [2.45, 2.75) is 13.3 Å². The molecule has 8 heavy (non-hydrogen) atoms. The lowest BCUT2D eigenvalue weighted by atomic mass is 10.1. The summed E-state index contributed by atoms with van der Waals surface area (Å²) in [6.07, 6.45) is 0.274. The van der Waals surface area contributed by atoms with Crippen molar-refractivity contribution in [1.29, 1.82) is 5.26 Å². The largest absolute Gasteiger partial charge is 0.300 e. The molecule has 0 aromatic heterocycles. The quantitative estimate of drug-likeness (QED) is 0.530. The van der Waals surface area contributed by atoms with Crippen LogP contribution in [0.25, 0.3) is 0 Å². The van der Waals surface area contributed by atoms with Crippen LogP contribution in [0.5, 0.6) is 0 Å². The third kappa shape index (κ3) is 3.35. The summed E-state index contributed by atoms with van der Waals surface area (Å²) in [5.74, 6) is -0.348. The van der Waals surface area contributed by atoms with Gasteiger partial charge in [0, 0.05) is 6.42 Å². The molecule has 0 saturated heterocycles. The Kier molecular flexibility index (Phi) is 2.86. The predicted molar refractivity (Wildman–Crippen MR) is 29.8 cm³/mol. The molecule has 1 radical (unpaired) electrons. The lowest BCUT2D eigenvalue weighted by Gasteiger charge is -1.92. The van der Waals surface area contributed by atoms with Crippen molar-refractivity contribution < 1.29 is 4.79 Å². The first kappa shape index (κ1) is 7.16. The molecular weight excluding hydrogens is 102 g/mol. The molecule has 1 atom stereocenters. The van der Waals surface area contributed by atoms with Crippen LogP contribution >= 0.6 is 0 Å². The van der Waals surface area contributed by atoms with Gasteiger partial charge in [0.05, 0.1) is 12.0 Å². The molecule has 0 aromatic rings. The molecule has 0 amide bonds. The first-order valence-electron chi connectivity index (χ1n) is 2.39. The summed E-state index contributed by atoms with van der Waals surface area (Å²) in [6, 6.07) is 1.86. The van der Waals surface area contributed by atoms with Crippen molar-refractivity contribution in [2.75, 3.05) is 0 Å². The number of carbonyl (C=O) groups is 1. The highest BCUT2D eigenvalue weighted by Crippen LogP contribution is 1.97. The van der Waals surface area contributed by atoms with E-state index in [4.69, 9.17) is 5.26 Å². The average Bonchev–Trinajstić information content (AvgIpc) is 1.65. The van der Waals surface area contributed by atoms with Crippen LogP contribution in [0.1, 0.15) is 13.3 Å². The summed E-state index contributed by atoms with van der Waals surface area (Å²) >= 11 is 0. The summed E-state index contributed by atoms with van der Waals surface area (Å²) in [5.41, 5.74) is 0. The fourth-order valence-corrected chi connectivity index (χ4v) is 0.393. The lowest BCUT2D eigenvalue weighted by molar-refractivity contribution is -0.117. The number of nitrogens with zero attached hydrogens (tertiary/aromatic N) is 1. The fraction of sp³-hybridized carbons (Fsp3) is 0.500. The number of ketones is 1. The Morgan fingerprint density at radius 3 is 2.62 bits per heavy atom. The van der Waals surface area contributed by atoms with Crippen LogP contribution in [0.3, 0.4) is 0 Å². The third-order valence-corrected chi connectivity index (χ3v) is 0.716. The van der Waals surface area contributed by atoms with Gasteiger partial charge in [0.15, 0.2) is 0 Å². The van der Waals surface area contributed by atoms with Gasteiger partial charge >= 0.3 is 0 Å².